The summed E-state index contributed by atoms with van der Waals surface area (Å²) in [6.45, 7) is 2.12. The molecule has 0 bridgehead atoms. The molecule has 5 rings (SSSR count). The summed E-state index contributed by atoms with van der Waals surface area (Å²) in [4.78, 5) is 13.7. The highest BCUT2D eigenvalue weighted by molar-refractivity contribution is 7.99. The van der Waals surface area contributed by atoms with E-state index in [0.717, 1.165) is 16.2 Å². The molecule has 0 atom stereocenters. The number of nitrogen functional groups attached to an aromatic ring is 1. The summed E-state index contributed by atoms with van der Waals surface area (Å²) < 4.78 is 45.2. The summed E-state index contributed by atoms with van der Waals surface area (Å²) >= 11 is 1.32. The van der Waals surface area contributed by atoms with Crippen LogP contribution in [0.25, 0.3) is 22.5 Å². The molecule has 1 aliphatic rings. The molecule has 0 fully saturated rings. The summed E-state index contributed by atoms with van der Waals surface area (Å²) in [5.74, 6) is 2.71. The number of fused-ring (bicyclic) bond motifs is 2. The fraction of sp³-hybridized carbons (Fsp3) is 0.250. The number of furan rings is 1. The molecule has 4 aromatic rings. The number of nitrogens with one attached hydrogen (secondary N) is 1. The number of rotatable bonds is 7. The molecule has 0 saturated heterocycles. The molecule has 3 N–H and O–H groups in total. The Balaban J connectivity index is 1.62. The van der Waals surface area contributed by atoms with Crippen LogP contribution in [-0.4, -0.2) is 47.5 Å². The van der Waals surface area contributed by atoms with Crippen molar-refractivity contribution in [1.82, 2.24) is 24.2 Å². The minimum absolute atomic E-state index is 0.123. The van der Waals surface area contributed by atoms with Gasteiger partial charge in [0.25, 0.3) is 0 Å². The minimum Gasteiger partial charge on any atom is -0.461 e. The van der Waals surface area contributed by atoms with Gasteiger partial charge in [0, 0.05) is 17.0 Å². The number of aryl methyl sites for hydroxylation is 2. The monoisotopic (exact) mass is 488 g/mol. The Morgan fingerprint density at radius 3 is 2.73 bits per heavy atom. The third-order valence-electron chi connectivity index (χ3n) is 5.10. The van der Waals surface area contributed by atoms with Gasteiger partial charge in [0.1, 0.15) is 17.8 Å². The van der Waals surface area contributed by atoms with Crippen molar-refractivity contribution in [2.45, 2.75) is 23.5 Å². The highest BCUT2D eigenvalue weighted by Gasteiger charge is 2.24. The van der Waals surface area contributed by atoms with E-state index in [0.29, 0.717) is 33.6 Å². The van der Waals surface area contributed by atoms with Gasteiger partial charge < -0.3 is 24.2 Å². The third kappa shape index (κ3) is 4.10. The number of hydrogen-bond acceptors (Lipinski definition) is 10. The second-order valence-corrected chi connectivity index (χ2v) is 10.3. The fourth-order valence-electron chi connectivity index (χ4n) is 3.40. The van der Waals surface area contributed by atoms with Gasteiger partial charge in [-0.05, 0) is 38.2 Å². The highest BCUT2D eigenvalue weighted by Crippen LogP contribution is 2.45. The molecule has 0 aliphatic carbocycles. The zero-order valence-electron chi connectivity index (χ0n) is 17.7. The largest absolute Gasteiger partial charge is 0.461 e. The number of ether oxygens (including phenoxy) is 2. The molecule has 172 valence electrons. The molecule has 13 heteroatoms. The van der Waals surface area contributed by atoms with Crippen LogP contribution in [0, 0.1) is 6.92 Å². The van der Waals surface area contributed by atoms with E-state index in [1.54, 1.807) is 4.57 Å². The van der Waals surface area contributed by atoms with Gasteiger partial charge in [-0.2, -0.15) is 0 Å². The maximum absolute atomic E-state index is 12.1. The highest BCUT2D eigenvalue weighted by atomic mass is 32.2. The van der Waals surface area contributed by atoms with Gasteiger partial charge in [0.05, 0.1) is 5.75 Å². The Labute approximate surface area is 193 Å². The van der Waals surface area contributed by atoms with Crippen molar-refractivity contribution >= 4 is 38.8 Å². The molecule has 11 nitrogen and oxygen atoms in total. The number of nitrogens with two attached hydrogens (primary N) is 1. The number of benzene rings is 1. The van der Waals surface area contributed by atoms with E-state index in [2.05, 4.69) is 19.7 Å². The first kappa shape index (κ1) is 21.6. The zero-order valence-corrected chi connectivity index (χ0v) is 19.4. The Kier molecular flexibility index (Phi) is 5.38. The van der Waals surface area contributed by atoms with Gasteiger partial charge in [0.2, 0.25) is 16.8 Å². The van der Waals surface area contributed by atoms with E-state index >= 15 is 0 Å². The van der Waals surface area contributed by atoms with Crippen molar-refractivity contribution < 1.29 is 22.3 Å². The number of sulfonamides is 1. The fourth-order valence-corrected chi connectivity index (χ4v) is 5.09. The summed E-state index contributed by atoms with van der Waals surface area (Å²) in [5, 5.41) is 0.506. The van der Waals surface area contributed by atoms with E-state index in [1.807, 2.05) is 31.2 Å². The summed E-state index contributed by atoms with van der Waals surface area (Å²) in [5.41, 5.74) is 7.66. The Hall–Kier alpha value is -3.29. The molecule has 0 spiro atoms. The molecule has 0 unspecified atom stereocenters. The topological polar surface area (TPSA) is 147 Å². The molecule has 0 saturated carbocycles. The van der Waals surface area contributed by atoms with Crippen LogP contribution in [0.15, 0.2) is 45.1 Å². The van der Waals surface area contributed by atoms with Gasteiger partial charge >= 0.3 is 0 Å². The number of aromatic nitrogens is 4. The number of hydrogen-bond donors (Lipinski definition) is 2. The number of anilines is 1. The number of imidazole rings is 1. The molecule has 0 radical (unpaired) electrons. The van der Waals surface area contributed by atoms with Crippen molar-refractivity contribution in [2.75, 3.05) is 25.3 Å². The van der Waals surface area contributed by atoms with E-state index < -0.39 is 10.0 Å². The minimum atomic E-state index is -3.45. The molecule has 0 amide bonds. The molecule has 1 aromatic carbocycles. The summed E-state index contributed by atoms with van der Waals surface area (Å²) in [6, 6.07) is 7.46. The lowest BCUT2D eigenvalue weighted by Gasteiger charge is -2.11. The lowest BCUT2D eigenvalue weighted by Crippen LogP contribution is -2.25. The molecular weight excluding hydrogens is 468 g/mol. The van der Waals surface area contributed by atoms with Crippen molar-refractivity contribution in [3.63, 3.8) is 0 Å². The van der Waals surface area contributed by atoms with Crippen LogP contribution in [0.3, 0.4) is 0 Å². The first-order valence-electron chi connectivity index (χ1n) is 9.91. The van der Waals surface area contributed by atoms with Crippen molar-refractivity contribution in [3.05, 3.63) is 36.4 Å². The van der Waals surface area contributed by atoms with E-state index in [9.17, 15) is 8.42 Å². The van der Waals surface area contributed by atoms with Gasteiger partial charge in [0.15, 0.2) is 33.6 Å². The van der Waals surface area contributed by atoms with Gasteiger partial charge in [-0.25, -0.2) is 28.1 Å². The standard InChI is InChI=1S/C20H20N6O5S2/c1-11-3-4-13(31-11)12-7-14-15(30-10-29-14)8-16(12)32-20-25-17-18(21)23-9-24-19(17)26(20)5-6-33(27,28)22-2/h3-4,7-9,22H,5-6,10H2,1-2H3,(H2,21,23,24). The van der Waals surface area contributed by atoms with Crippen LogP contribution in [0.4, 0.5) is 5.82 Å². The quantitative estimate of drug-likeness (QED) is 0.397. The van der Waals surface area contributed by atoms with Gasteiger partial charge in [-0.15, -0.1) is 0 Å². The second-order valence-electron chi connectivity index (χ2n) is 7.21. The average Bonchev–Trinajstić information content (AvgIpc) is 3.51. The molecule has 4 heterocycles. The van der Waals surface area contributed by atoms with Gasteiger partial charge in [-0.1, -0.05) is 11.8 Å². The van der Waals surface area contributed by atoms with E-state index in [4.69, 9.17) is 19.6 Å². The molecule has 3 aromatic heterocycles. The van der Waals surface area contributed by atoms with Crippen LogP contribution < -0.4 is 19.9 Å². The van der Waals surface area contributed by atoms with Crippen LogP contribution in [0.1, 0.15) is 5.76 Å². The zero-order chi connectivity index (χ0) is 23.2. The average molecular weight is 489 g/mol. The Morgan fingerprint density at radius 2 is 2.00 bits per heavy atom. The van der Waals surface area contributed by atoms with E-state index in [-0.39, 0.29) is 24.9 Å². The van der Waals surface area contributed by atoms with Crippen LogP contribution in [0.5, 0.6) is 11.5 Å². The predicted octanol–water partition coefficient (Wildman–Crippen LogP) is 2.41. The van der Waals surface area contributed by atoms with E-state index in [1.165, 1.54) is 25.1 Å². The molecule has 33 heavy (non-hydrogen) atoms. The maximum atomic E-state index is 12.1. The Morgan fingerprint density at radius 1 is 1.21 bits per heavy atom. The molecule has 1 aliphatic heterocycles. The van der Waals surface area contributed by atoms with Crippen molar-refractivity contribution in [1.29, 1.82) is 0 Å². The summed E-state index contributed by atoms with van der Waals surface area (Å²) in [6.07, 6.45) is 1.33. The molecular formula is C20H20N6O5S2. The van der Waals surface area contributed by atoms with Crippen LogP contribution in [0.2, 0.25) is 0 Å². The summed E-state index contributed by atoms with van der Waals surface area (Å²) in [7, 11) is -2.08. The van der Waals surface area contributed by atoms with Crippen molar-refractivity contribution in [2.24, 2.45) is 0 Å². The maximum Gasteiger partial charge on any atom is 0.231 e. The number of nitrogens with zero attached hydrogens (tertiary/aromatic N) is 4. The predicted molar refractivity (Wildman–Crippen MR) is 122 cm³/mol. The smallest absolute Gasteiger partial charge is 0.231 e. The SMILES string of the molecule is CNS(=O)(=O)CCn1c(Sc2cc3c(cc2-c2ccc(C)o2)OCO3)nc2c(N)ncnc21. The lowest BCUT2D eigenvalue weighted by atomic mass is 10.1. The second kappa shape index (κ2) is 8.24. The van der Waals surface area contributed by atoms with Crippen LogP contribution in [-0.2, 0) is 16.6 Å². The first-order chi connectivity index (χ1) is 15.8. The normalized spacial score (nSPS) is 13.2. The Bertz CT molecular complexity index is 1460. The third-order valence-corrected chi connectivity index (χ3v) is 7.50. The van der Waals surface area contributed by atoms with Crippen molar-refractivity contribution in [3.8, 4) is 22.8 Å². The lowest BCUT2D eigenvalue weighted by molar-refractivity contribution is 0.174. The first-order valence-corrected chi connectivity index (χ1v) is 12.4. The van der Waals surface area contributed by atoms with Gasteiger partial charge in [-0.3, -0.25) is 0 Å². The van der Waals surface area contributed by atoms with Crippen LogP contribution >= 0.6 is 11.8 Å².